The molecule has 4 aromatic carbocycles. The lowest BCUT2D eigenvalue weighted by molar-refractivity contribution is -0.145. The van der Waals surface area contributed by atoms with Crippen molar-refractivity contribution < 1.29 is 49.1 Å². The van der Waals surface area contributed by atoms with E-state index >= 15 is 0 Å². The number of fused-ring (bicyclic) bond motifs is 2. The molecule has 0 aliphatic heterocycles. The quantitative estimate of drug-likeness (QED) is 0.0582. The number of hydrogen-bond donors (Lipinski definition) is 6. The summed E-state index contributed by atoms with van der Waals surface area (Å²) in [5.41, 5.74) is 5.79. The van der Waals surface area contributed by atoms with Crippen molar-refractivity contribution in [3.8, 4) is 23.0 Å². The van der Waals surface area contributed by atoms with Crippen LogP contribution in [0.4, 0.5) is 0 Å². The zero-order valence-electron chi connectivity index (χ0n) is 40.2. The summed E-state index contributed by atoms with van der Waals surface area (Å²) in [4.78, 5) is 46.4. The van der Waals surface area contributed by atoms with E-state index in [0.29, 0.717) is 23.6 Å². The molecule has 4 atom stereocenters. The van der Waals surface area contributed by atoms with Gasteiger partial charge in [0.05, 0.1) is 9.49 Å². The number of aliphatic carboxylic acids is 2. The van der Waals surface area contributed by atoms with Crippen LogP contribution in [0.5, 0.6) is 23.0 Å². The molecule has 17 heteroatoms. The van der Waals surface area contributed by atoms with Gasteiger partial charge >= 0.3 is 11.9 Å². The second kappa shape index (κ2) is 29.8. The van der Waals surface area contributed by atoms with Gasteiger partial charge in [-0.05, 0) is 189 Å². The first-order valence-electron chi connectivity index (χ1n) is 21.5. The third-order valence-electron chi connectivity index (χ3n) is 10.6. The van der Waals surface area contributed by atoms with Crippen molar-refractivity contribution in [3.63, 3.8) is 0 Å². The Morgan fingerprint density at radius 3 is 1.13 bits per heavy atom. The summed E-state index contributed by atoms with van der Waals surface area (Å²) in [5, 5.41) is 41.9. The summed E-state index contributed by atoms with van der Waals surface area (Å²) >= 11 is 3.33. The predicted octanol–water partition coefficient (Wildman–Crippen LogP) is 9.27. The van der Waals surface area contributed by atoms with E-state index in [1.165, 1.54) is 94.4 Å². The van der Waals surface area contributed by atoms with Gasteiger partial charge in [0.15, 0.2) is 12.2 Å². The number of likely N-dealkylation sites (N-methyl/N-ethyl adjacent to an activating group) is 2. The van der Waals surface area contributed by atoms with E-state index in [-0.39, 0.29) is 73.0 Å². The Balaban J connectivity index is 0.000000868. The number of phenols is 2. The number of aromatic hydroxyl groups is 2. The summed E-state index contributed by atoms with van der Waals surface area (Å²) < 4.78 is 9.36. The number of carboxylic acids is 2. The summed E-state index contributed by atoms with van der Waals surface area (Å²) in [5.74, 6) is -0.501. The van der Waals surface area contributed by atoms with Gasteiger partial charge in [0.1, 0.15) is 34.6 Å². The number of carbonyl (C=O) groups excluding carboxylic acids is 2. The predicted molar refractivity (Wildman–Crippen MR) is 287 cm³/mol. The van der Waals surface area contributed by atoms with E-state index in [2.05, 4.69) is 60.9 Å². The lowest BCUT2D eigenvalue weighted by atomic mass is 10.1. The van der Waals surface area contributed by atoms with Gasteiger partial charge in [0, 0.05) is 21.9 Å². The Hall–Kier alpha value is -3.97. The SMILES string of the molecule is CCNC1Cc2ccc(SC(C)(C)C(C)=O)cc2C1.CCN[C@H]1Cc2ccc(SC(C)(C)C(C)=O)cc2C1.C[C@H](Oc1ccc(O)cc1)C(=O)O.C[C@H](Oc1ccc(O)cc1)C(=O)O.S.S.S. The standard InChI is InChI=1S/2C16H23NOS.2C9H10O4.3H2S/c2*1-5-17-14-8-12-6-7-15(10-13(12)9-14)19-16(3,4)11(2)18;2*1-6(9(11)12)13-8-4-2-7(10)3-5-8;;;/h2*6-7,10,14,17H,5,8-9H2,1-4H3;2*2-6,10H,1H3,(H,11,12);3*1H2/t14-;;2*6-;;;/m0.00.../s1. The fourth-order valence-electron chi connectivity index (χ4n) is 6.47. The third-order valence-corrected chi connectivity index (χ3v) is 13.2. The highest BCUT2D eigenvalue weighted by Crippen LogP contribution is 2.37. The zero-order chi connectivity index (χ0) is 47.8. The molecule has 0 heterocycles. The van der Waals surface area contributed by atoms with Crippen LogP contribution in [-0.2, 0) is 44.9 Å². The number of ketones is 2. The van der Waals surface area contributed by atoms with Crippen LogP contribution in [0.25, 0.3) is 0 Å². The maximum Gasteiger partial charge on any atom is 0.344 e. The molecule has 6 N–H and O–H groups in total. The lowest BCUT2D eigenvalue weighted by Crippen LogP contribution is -2.28. The molecule has 6 rings (SSSR count). The van der Waals surface area contributed by atoms with Crippen LogP contribution in [0.2, 0.25) is 0 Å². The second-order valence-corrected chi connectivity index (χ2v) is 20.1. The van der Waals surface area contributed by atoms with Crippen molar-refractivity contribution in [3.05, 3.63) is 107 Å². The number of carboxylic acid groups (broad SMARTS) is 2. The molecule has 0 bridgehead atoms. The minimum absolute atomic E-state index is 0. The second-order valence-electron chi connectivity index (χ2n) is 16.7. The van der Waals surface area contributed by atoms with Gasteiger partial charge in [-0.15, -0.1) is 23.5 Å². The minimum Gasteiger partial charge on any atom is -0.508 e. The van der Waals surface area contributed by atoms with Gasteiger partial charge in [0.2, 0.25) is 0 Å². The number of phenolic OH excluding ortho intramolecular Hbond substituents is 2. The van der Waals surface area contributed by atoms with Gasteiger partial charge in [-0.2, -0.15) is 40.5 Å². The molecule has 4 aromatic rings. The molecular weight excluding hydrogens is 949 g/mol. The molecule has 0 saturated carbocycles. The highest BCUT2D eigenvalue weighted by Gasteiger charge is 2.28. The molecule has 0 saturated heterocycles. The Labute approximate surface area is 426 Å². The molecule has 2 aliphatic carbocycles. The van der Waals surface area contributed by atoms with E-state index in [4.69, 9.17) is 29.9 Å². The molecule has 12 nitrogen and oxygen atoms in total. The number of carbonyl (C=O) groups is 4. The molecule has 67 heavy (non-hydrogen) atoms. The smallest absolute Gasteiger partial charge is 0.344 e. The molecule has 2 aliphatic rings. The van der Waals surface area contributed by atoms with E-state index < -0.39 is 24.1 Å². The van der Waals surface area contributed by atoms with E-state index in [1.54, 1.807) is 37.4 Å². The van der Waals surface area contributed by atoms with Gasteiger partial charge in [0.25, 0.3) is 0 Å². The molecule has 0 radical (unpaired) electrons. The molecule has 1 unspecified atom stereocenters. The van der Waals surface area contributed by atoms with Crippen LogP contribution in [0.1, 0.15) is 91.5 Å². The third kappa shape index (κ3) is 21.5. The number of Topliss-reactive ketones (excluding diaryl/α,β-unsaturated/α-hetero) is 2. The van der Waals surface area contributed by atoms with Crippen LogP contribution in [0, 0.1) is 0 Å². The fraction of sp³-hybridized carbons (Fsp3) is 0.440. The Kier molecular flexibility index (Phi) is 28.0. The van der Waals surface area contributed by atoms with Crippen LogP contribution in [-0.4, -0.2) is 90.8 Å². The van der Waals surface area contributed by atoms with E-state index in [0.717, 1.165) is 38.8 Å². The normalized spacial score (nSPS) is 15.1. The molecule has 0 amide bonds. The monoisotopic (exact) mass is 1020 g/mol. The number of benzene rings is 4. The topological polar surface area (TPSA) is 192 Å². The highest BCUT2D eigenvalue weighted by molar-refractivity contribution is 8.01. The van der Waals surface area contributed by atoms with Gasteiger partial charge in [-0.3, -0.25) is 9.59 Å². The molecule has 0 aromatic heterocycles. The maximum atomic E-state index is 11.6. The van der Waals surface area contributed by atoms with Gasteiger partial charge in [-0.1, -0.05) is 26.0 Å². The van der Waals surface area contributed by atoms with Gasteiger partial charge < -0.3 is 40.5 Å². The molecule has 0 fully saturated rings. The average Bonchev–Trinajstić information content (AvgIpc) is 3.82. The van der Waals surface area contributed by atoms with Crippen molar-refractivity contribution in [2.45, 2.75) is 138 Å². The van der Waals surface area contributed by atoms with Crippen molar-refractivity contribution in [1.29, 1.82) is 0 Å². The number of thioether (sulfide) groups is 2. The van der Waals surface area contributed by atoms with Crippen LogP contribution < -0.4 is 20.1 Å². The molecule has 0 spiro atoms. The van der Waals surface area contributed by atoms with Crippen molar-refractivity contribution >= 4 is 87.5 Å². The Morgan fingerprint density at radius 2 is 0.866 bits per heavy atom. The van der Waals surface area contributed by atoms with Crippen molar-refractivity contribution in [2.24, 2.45) is 0 Å². The maximum absolute atomic E-state index is 11.6. The van der Waals surface area contributed by atoms with E-state index in [9.17, 15) is 19.2 Å². The van der Waals surface area contributed by atoms with Gasteiger partial charge in [-0.25, -0.2) is 9.59 Å². The largest absolute Gasteiger partial charge is 0.508 e. The van der Waals surface area contributed by atoms with Crippen molar-refractivity contribution in [1.82, 2.24) is 10.6 Å². The van der Waals surface area contributed by atoms with E-state index in [1.807, 2.05) is 27.7 Å². The first kappa shape index (κ1) is 63.0. The molecular formula is C50H72N2O10S5. The summed E-state index contributed by atoms with van der Waals surface area (Å²) in [6.45, 7) is 20.6. The summed E-state index contributed by atoms with van der Waals surface area (Å²) in [6.07, 6.45) is 2.71. The van der Waals surface area contributed by atoms with Crippen LogP contribution in [0.3, 0.4) is 0 Å². The number of rotatable bonds is 16. The Morgan fingerprint density at radius 1 is 0.567 bits per heavy atom. The van der Waals surface area contributed by atoms with Crippen LogP contribution in [0.15, 0.2) is 94.7 Å². The Bertz CT molecular complexity index is 2020. The number of nitrogens with one attached hydrogen (secondary N) is 2. The zero-order valence-corrected chi connectivity index (χ0v) is 44.8. The average molecular weight is 1020 g/mol. The summed E-state index contributed by atoms with van der Waals surface area (Å²) in [6, 6.07) is 26.2. The molecule has 372 valence electrons. The number of ether oxygens (including phenoxy) is 2. The fourth-order valence-corrected chi connectivity index (χ4v) is 8.61. The number of hydrogen-bond acceptors (Lipinski definition) is 12. The first-order valence-corrected chi connectivity index (χ1v) is 23.1. The minimum atomic E-state index is -1.02. The first-order chi connectivity index (χ1) is 30.0. The van der Waals surface area contributed by atoms with Crippen molar-refractivity contribution in [2.75, 3.05) is 13.1 Å². The highest BCUT2D eigenvalue weighted by atomic mass is 32.2. The van der Waals surface area contributed by atoms with Crippen LogP contribution >= 0.6 is 64.0 Å². The summed E-state index contributed by atoms with van der Waals surface area (Å²) in [7, 11) is 0. The lowest BCUT2D eigenvalue weighted by Gasteiger charge is -2.20.